The van der Waals surface area contributed by atoms with E-state index < -0.39 is 17.1 Å². The van der Waals surface area contributed by atoms with Gasteiger partial charge in [0.05, 0.1) is 0 Å². The van der Waals surface area contributed by atoms with Crippen LogP contribution < -0.4 is 0 Å². The molecule has 0 aromatic carbocycles. The van der Waals surface area contributed by atoms with E-state index in [4.69, 9.17) is 4.43 Å². The second-order valence-corrected chi connectivity index (χ2v) is 15.2. The Morgan fingerprint density at radius 3 is 2.43 bits per heavy atom. The molecule has 0 amide bonds. The van der Waals surface area contributed by atoms with Crippen LogP contribution in [0.15, 0.2) is 0 Å². The Kier molecular flexibility index (Phi) is 4.00. The second-order valence-electron chi connectivity index (χ2n) is 5.86. The minimum Gasteiger partial charge on any atom is -0.420 e. The summed E-state index contributed by atoms with van der Waals surface area (Å²) in [6, 6.07) is 1.43. The van der Waals surface area contributed by atoms with Crippen molar-refractivity contribution < 1.29 is 4.43 Å². The predicted molar refractivity (Wildman–Crippen MR) is 69.1 cm³/mol. The zero-order valence-electron chi connectivity index (χ0n) is 10.5. The molecular weight excluding hydrogens is 204 g/mol. The van der Waals surface area contributed by atoms with E-state index in [1.165, 1.54) is 25.3 Å². The largest absolute Gasteiger partial charge is 0.420 e. The molecule has 0 N–H and O–H groups in total. The number of hydrogen-bond donors (Lipinski definition) is 0. The highest BCUT2D eigenvalue weighted by Gasteiger charge is 2.48. The topological polar surface area (TPSA) is 9.23 Å². The first-order valence-electron chi connectivity index (χ1n) is 6.03. The maximum atomic E-state index is 6.10. The quantitative estimate of drug-likeness (QED) is 0.674. The minimum absolute atomic E-state index is 0.640. The normalized spacial score (nSPS) is 34.5. The fourth-order valence-electron chi connectivity index (χ4n) is 2.63. The van der Waals surface area contributed by atoms with Crippen LogP contribution >= 0.6 is 0 Å². The number of rotatable bonds is 3. The van der Waals surface area contributed by atoms with Crippen molar-refractivity contribution in [2.45, 2.75) is 63.5 Å². The molecule has 14 heavy (non-hydrogen) atoms. The van der Waals surface area contributed by atoms with Crippen molar-refractivity contribution in [2.75, 3.05) is 6.61 Å². The Bertz CT molecular complexity index is 186. The van der Waals surface area contributed by atoms with E-state index in [0.717, 1.165) is 6.61 Å². The van der Waals surface area contributed by atoms with Gasteiger partial charge in [0.2, 0.25) is 0 Å². The summed E-state index contributed by atoms with van der Waals surface area (Å²) >= 11 is 0. The molecule has 1 aliphatic heterocycles. The van der Waals surface area contributed by atoms with Gasteiger partial charge >= 0.3 is 0 Å². The second kappa shape index (κ2) is 4.50. The van der Waals surface area contributed by atoms with E-state index >= 15 is 0 Å². The van der Waals surface area contributed by atoms with Crippen molar-refractivity contribution in [1.29, 1.82) is 0 Å². The molecule has 0 saturated carbocycles. The molecule has 3 heteroatoms. The lowest BCUT2D eigenvalue weighted by Crippen LogP contribution is -2.51. The van der Waals surface area contributed by atoms with Gasteiger partial charge in [-0.25, -0.2) is 0 Å². The van der Waals surface area contributed by atoms with E-state index in [0.29, 0.717) is 4.66 Å². The van der Waals surface area contributed by atoms with Crippen molar-refractivity contribution >= 4 is 17.1 Å². The maximum absolute atomic E-state index is 6.10. The van der Waals surface area contributed by atoms with E-state index in [2.05, 4.69) is 33.5 Å². The van der Waals surface area contributed by atoms with Gasteiger partial charge in [-0.15, -0.1) is 0 Å². The molecule has 0 radical (unpaired) electrons. The van der Waals surface area contributed by atoms with Crippen molar-refractivity contribution in [1.82, 2.24) is 0 Å². The molecule has 1 nitrogen and oxygen atoms in total. The molecule has 1 heterocycles. The van der Waals surface area contributed by atoms with Crippen LogP contribution in [0.3, 0.4) is 0 Å². The molecule has 1 saturated heterocycles. The molecule has 0 spiro atoms. The fraction of sp³-hybridized carbons (Fsp3) is 1.00. The highest BCUT2D eigenvalue weighted by molar-refractivity contribution is 6.90. The molecule has 0 aromatic heterocycles. The summed E-state index contributed by atoms with van der Waals surface area (Å²) in [5.41, 5.74) is 0. The lowest BCUT2D eigenvalue weighted by atomic mass is 10.2. The SMILES string of the molecule is CCO[SiH]1CCCCC1(C)[Si](C)(C)C. The third-order valence-electron chi connectivity index (χ3n) is 4.20. The Labute approximate surface area is 92.0 Å². The van der Waals surface area contributed by atoms with Crippen LogP contribution in [0.4, 0.5) is 0 Å². The summed E-state index contributed by atoms with van der Waals surface area (Å²) in [5, 5.41) is 0. The molecule has 2 unspecified atom stereocenters. The smallest absolute Gasteiger partial charge is 0.180 e. The lowest BCUT2D eigenvalue weighted by molar-refractivity contribution is 0.314. The molecule has 84 valence electrons. The van der Waals surface area contributed by atoms with Crippen LogP contribution in [0.5, 0.6) is 0 Å². The third kappa shape index (κ3) is 2.31. The van der Waals surface area contributed by atoms with Gasteiger partial charge in [-0.2, -0.15) is 0 Å². The zero-order chi connectivity index (χ0) is 10.8. The average molecular weight is 230 g/mol. The van der Waals surface area contributed by atoms with E-state index in [1.54, 1.807) is 0 Å². The Hall–Kier alpha value is 0.394. The summed E-state index contributed by atoms with van der Waals surface area (Å²) < 4.78 is 6.74. The van der Waals surface area contributed by atoms with Gasteiger partial charge in [0.15, 0.2) is 9.04 Å². The third-order valence-corrected chi connectivity index (χ3v) is 14.8. The molecule has 0 aliphatic carbocycles. The monoisotopic (exact) mass is 230 g/mol. The van der Waals surface area contributed by atoms with Crippen molar-refractivity contribution in [3.63, 3.8) is 0 Å². The summed E-state index contributed by atoms with van der Waals surface area (Å²) in [6.07, 6.45) is 4.31. The average Bonchev–Trinajstić information content (AvgIpc) is 2.07. The van der Waals surface area contributed by atoms with E-state index in [9.17, 15) is 0 Å². The Balaban J connectivity index is 2.79. The van der Waals surface area contributed by atoms with E-state index in [-0.39, 0.29) is 0 Å². The van der Waals surface area contributed by atoms with Crippen molar-refractivity contribution in [3.05, 3.63) is 0 Å². The highest BCUT2D eigenvalue weighted by atomic mass is 28.4. The first-order valence-corrected chi connectivity index (χ1v) is 11.4. The van der Waals surface area contributed by atoms with Crippen LogP contribution in [-0.4, -0.2) is 23.7 Å². The van der Waals surface area contributed by atoms with Gasteiger partial charge in [-0.3, -0.25) is 0 Å². The first kappa shape index (κ1) is 12.5. The van der Waals surface area contributed by atoms with Gasteiger partial charge in [0, 0.05) is 14.7 Å². The maximum Gasteiger partial charge on any atom is 0.180 e. The molecule has 2 atom stereocenters. The zero-order valence-corrected chi connectivity index (χ0v) is 12.7. The molecule has 0 aromatic rings. The predicted octanol–water partition coefficient (Wildman–Crippen LogP) is 3.57. The summed E-state index contributed by atoms with van der Waals surface area (Å²) in [7, 11) is -1.96. The summed E-state index contributed by atoms with van der Waals surface area (Å²) in [5.74, 6) is 0. The van der Waals surface area contributed by atoms with Crippen LogP contribution in [-0.2, 0) is 4.43 Å². The van der Waals surface area contributed by atoms with Gasteiger partial charge in [0.25, 0.3) is 0 Å². The van der Waals surface area contributed by atoms with Gasteiger partial charge < -0.3 is 4.43 Å². The Morgan fingerprint density at radius 1 is 1.29 bits per heavy atom. The molecule has 0 bridgehead atoms. The van der Waals surface area contributed by atoms with Crippen LogP contribution in [0.2, 0.25) is 30.3 Å². The highest BCUT2D eigenvalue weighted by Crippen LogP contribution is 2.49. The summed E-state index contributed by atoms with van der Waals surface area (Å²) in [6.45, 7) is 13.2. The summed E-state index contributed by atoms with van der Waals surface area (Å²) in [4.78, 5) is 0. The van der Waals surface area contributed by atoms with Crippen LogP contribution in [0.1, 0.15) is 33.1 Å². The molecule has 1 rings (SSSR count). The van der Waals surface area contributed by atoms with Crippen LogP contribution in [0, 0.1) is 0 Å². The molecule has 1 aliphatic rings. The molecular formula is C11H26OSi2. The lowest BCUT2D eigenvalue weighted by Gasteiger charge is -2.48. The van der Waals surface area contributed by atoms with E-state index in [1.807, 2.05) is 0 Å². The van der Waals surface area contributed by atoms with Gasteiger partial charge in [0.1, 0.15) is 0 Å². The first-order chi connectivity index (χ1) is 6.42. The van der Waals surface area contributed by atoms with Crippen molar-refractivity contribution in [2.24, 2.45) is 0 Å². The van der Waals surface area contributed by atoms with Crippen molar-refractivity contribution in [3.8, 4) is 0 Å². The fourth-order valence-corrected chi connectivity index (χ4v) is 10.9. The van der Waals surface area contributed by atoms with Gasteiger partial charge in [-0.05, 0) is 17.6 Å². The minimum atomic E-state index is -1.04. The van der Waals surface area contributed by atoms with Crippen LogP contribution in [0.25, 0.3) is 0 Å². The number of hydrogen-bond acceptors (Lipinski definition) is 1. The standard InChI is InChI=1S/C11H26OSi2/c1-6-12-13-10-8-7-9-11(13,2)14(3,4)5/h13H,6-10H2,1-5H3. The Morgan fingerprint density at radius 2 is 1.93 bits per heavy atom. The molecule has 1 fully saturated rings. The van der Waals surface area contributed by atoms with Gasteiger partial charge in [-0.1, -0.05) is 45.8 Å².